The van der Waals surface area contributed by atoms with E-state index in [2.05, 4.69) is 43.4 Å². The first kappa shape index (κ1) is 16.5. The summed E-state index contributed by atoms with van der Waals surface area (Å²) >= 11 is 1.84. The Kier molecular flexibility index (Phi) is 8.91. The summed E-state index contributed by atoms with van der Waals surface area (Å²) in [5.74, 6) is 0.999. The molecule has 0 heterocycles. The fourth-order valence-electron chi connectivity index (χ4n) is 1.60. The number of hydrogen-bond acceptors (Lipinski definition) is 4. The Bertz CT molecular complexity index is 345. The summed E-state index contributed by atoms with van der Waals surface area (Å²) in [6.45, 7) is 7.46. The van der Waals surface area contributed by atoms with E-state index in [1.165, 1.54) is 10.5 Å². The highest BCUT2D eigenvalue weighted by Gasteiger charge is 1.98. The highest BCUT2D eigenvalue weighted by molar-refractivity contribution is 7.99. The fourth-order valence-corrected chi connectivity index (χ4v) is 2.42. The highest BCUT2D eigenvalue weighted by Crippen LogP contribution is 2.19. The van der Waals surface area contributed by atoms with Gasteiger partial charge in [-0.15, -0.1) is 11.8 Å². The van der Waals surface area contributed by atoms with Crippen LogP contribution >= 0.6 is 11.8 Å². The van der Waals surface area contributed by atoms with Gasteiger partial charge in [0.1, 0.15) is 0 Å². The zero-order valence-electron chi connectivity index (χ0n) is 12.1. The summed E-state index contributed by atoms with van der Waals surface area (Å²) in [7, 11) is 1.72. The standard InChI is InChI=1S/C15H25NO2S/c1-13(2)18-9-10-19-15-6-4-5-14(11-15)12-16-7-8-17-3/h4-6,11,13,16H,7-10,12H2,1-3H3. The van der Waals surface area contributed by atoms with E-state index in [1.807, 2.05) is 11.8 Å². The maximum atomic E-state index is 5.54. The molecule has 108 valence electrons. The molecular formula is C15H25NO2S. The van der Waals surface area contributed by atoms with E-state index in [1.54, 1.807) is 7.11 Å². The summed E-state index contributed by atoms with van der Waals surface area (Å²) in [6.07, 6.45) is 0.317. The van der Waals surface area contributed by atoms with Crippen molar-refractivity contribution in [2.75, 3.05) is 32.6 Å². The molecule has 1 aromatic rings. The molecule has 0 radical (unpaired) electrons. The van der Waals surface area contributed by atoms with E-state index in [0.29, 0.717) is 6.10 Å². The Morgan fingerprint density at radius 1 is 1.26 bits per heavy atom. The van der Waals surface area contributed by atoms with Gasteiger partial charge in [0.05, 0.1) is 19.3 Å². The SMILES string of the molecule is COCCNCc1cccc(SCCOC(C)C)c1. The molecule has 0 saturated carbocycles. The van der Waals surface area contributed by atoms with E-state index >= 15 is 0 Å². The van der Waals surface area contributed by atoms with Gasteiger partial charge in [0.2, 0.25) is 0 Å². The number of thioether (sulfide) groups is 1. The molecular weight excluding hydrogens is 258 g/mol. The molecule has 0 saturated heterocycles. The van der Waals surface area contributed by atoms with Gasteiger partial charge in [0, 0.05) is 30.8 Å². The predicted octanol–water partition coefficient (Wildman–Crippen LogP) is 2.94. The number of nitrogens with one attached hydrogen (secondary N) is 1. The fraction of sp³-hybridized carbons (Fsp3) is 0.600. The van der Waals surface area contributed by atoms with Crippen molar-refractivity contribution in [3.8, 4) is 0 Å². The molecule has 3 nitrogen and oxygen atoms in total. The number of methoxy groups -OCH3 is 1. The van der Waals surface area contributed by atoms with Gasteiger partial charge in [-0.25, -0.2) is 0 Å². The molecule has 4 heteroatoms. The van der Waals surface area contributed by atoms with Crippen LogP contribution in [0.1, 0.15) is 19.4 Å². The van der Waals surface area contributed by atoms with Gasteiger partial charge in [-0.2, -0.15) is 0 Å². The molecule has 0 amide bonds. The lowest BCUT2D eigenvalue weighted by atomic mass is 10.2. The molecule has 0 spiro atoms. The van der Waals surface area contributed by atoms with Crippen molar-refractivity contribution in [3.05, 3.63) is 29.8 Å². The number of rotatable bonds is 10. The summed E-state index contributed by atoms with van der Waals surface area (Å²) in [6, 6.07) is 8.64. The lowest BCUT2D eigenvalue weighted by Gasteiger charge is -2.08. The van der Waals surface area contributed by atoms with Crippen molar-refractivity contribution in [3.63, 3.8) is 0 Å². The molecule has 0 unspecified atom stereocenters. The third-order valence-corrected chi connectivity index (χ3v) is 3.47. The Morgan fingerprint density at radius 3 is 2.84 bits per heavy atom. The van der Waals surface area contributed by atoms with Crippen LogP contribution in [-0.4, -0.2) is 38.7 Å². The average molecular weight is 283 g/mol. The quantitative estimate of drug-likeness (QED) is 0.528. The third kappa shape index (κ3) is 8.26. The molecule has 19 heavy (non-hydrogen) atoms. The van der Waals surface area contributed by atoms with Gasteiger partial charge in [-0.1, -0.05) is 12.1 Å². The Hall–Kier alpha value is -0.550. The van der Waals surface area contributed by atoms with Crippen LogP contribution in [0.3, 0.4) is 0 Å². The lowest BCUT2D eigenvalue weighted by Crippen LogP contribution is -2.18. The van der Waals surface area contributed by atoms with Crippen molar-refractivity contribution in [2.45, 2.75) is 31.4 Å². The van der Waals surface area contributed by atoms with Crippen molar-refractivity contribution >= 4 is 11.8 Å². The highest BCUT2D eigenvalue weighted by atomic mass is 32.2. The molecule has 1 aromatic carbocycles. The Morgan fingerprint density at radius 2 is 2.11 bits per heavy atom. The minimum absolute atomic E-state index is 0.317. The second-order valence-electron chi connectivity index (χ2n) is 4.58. The number of benzene rings is 1. The average Bonchev–Trinajstić information content (AvgIpc) is 2.40. The van der Waals surface area contributed by atoms with Gasteiger partial charge < -0.3 is 14.8 Å². The van der Waals surface area contributed by atoms with Crippen molar-refractivity contribution in [2.24, 2.45) is 0 Å². The lowest BCUT2D eigenvalue weighted by molar-refractivity contribution is 0.0920. The molecule has 0 fully saturated rings. The van der Waals surface area contributed by atoms with Gasteiger partial charge in [0.15, 0.2) is 0 Å². The Balaban J connectivity index is 2.27. The zero-order chi connectivity index (χ0) is 13.9. The van der Waals surface area contributed by atoms with Crippen LogP contribution in [-0.2, 0) is 16.0 Å². The van der Waals surface area contributed by atoms with E-state index < -0.39 is 0 Å². The third-order valence-electron chi connectivity index (χ3n) is 2.51. The molecule has 0 bridgehead atoms. The van der Waals surface area contributed by atoms with E-state index in [4.69, 9.17) is 9.47 Å². The number of ether oxygens (including phenoxy) is 2. The van der Waals surface area contributed by atoms with Gasteiger partial charge >= 0.3 is 0 Å². The van der Waals surface area contributed by atoms with E-state index in [-0.39, 0.29) is 0 Å². The summed E-state index contributed by atoms with van der Waals surface area (Å²) in [4.78, 5) is 1.30. The predicted molar refractivity (Wildman–Crippen MR) is 81.8 cm³/mol. The number of hydrogen-bond donors (Lipinski definition) is 1. The van der Waals surface area contributed by atoms with Crippen LogP contribution in [0.5, 0.6) is 0 Å². The second-order valence-corrected chi connectivity index (χ2v) is 5.75. The molecule has 0 aliphatic carbocycles. The largest absolute Gasteiger partial charge is 0.383 e. The summed E-state index contributed by atoms with van der Waals surface area (Å²) in [5.41, 5.74) is 1.31. The van der Waals surface area contributed by atoms with E-state index in [0.717, 1.165) is 32.1 Å². The Labute approximate surface area is 121 Å². The van der Waals surface area contributed by atoms with Crippen molar-refractivity contribution in [1.29, 1.82) is 0 Å². The smallest absolute Gasteiger partial charge is 0.0587 e. The zero-order valence-corrected chi connectivity index (χ0v) is 13.0. The molecule has 0 aliphatic heterocycles. The minimum Gasteiger partial charge on any atom is -0.383 e. The first-order valence-electron chi connectivity index (χ1n) is 6.75. The normalized spacial score (nSPS) is 11.2. The summed E-state index contributed by atoms with van der Waals surface area (Å²) in [5, 5.41) is 3.35. The molecule has 0 atom stereocenters. The first-order valence-corrected chi connectivity index (χ1v) is 7.74. The van der Waals surface area contributed by atoms with Gasteiger partial charge in [-0.3, -0.25) is 0 Å². The van der Waals surface area contributed by atoms with Gasteiger partial charge in [-0.05, 0) is 31.5 Å². The second kappa shape index (κ2) is 10.3. The van der Waals surface area contributed by atoms with Crippen LogP contribution < -0.4 is 5.32 Å². The van der Waals surface area contributed by atoms with Crippen molar-refractivity contribution < 1.29 is 9.47 Å². The van der Waals surface area contributed by atoms with Crippen LogP contribution in [0, 0.1) is 0 Å². The monoisotopic (exact) mass is 283 g/mol. The van der Waals surface area contributed by atoms with Crippen LogP contribution in [0.4, 0.5) is 0 Å². The van der Waals surface area contributed by atoms with Crippen LogP contribution in [0.25, 0.3) is 0 Å². The molecule has 1 rings (SSSR count). The van der Waals surface area contributed by atoms with Crippen molar-refractivity contribution in [1.82, 2.24) is 5.32 Å². The van der Waals surface area contributed by atoms with Gasteiger partial charge in [0.25, 0.3) is 0 Å². The van der Waals surface area contributed by atoms with Crippen LogP contribution in [0.2, 0.25) is 0 Å². The maximum absolute atomic E-state index is 5.54. The van der Waals surface area contributed by atoms with Crippen LogP contribution in [0.15, 0.2) is 29.2 Å². The summed E-state index contributed by atoms with van der Waals surface area (Å²) < 4.78 is 10.5. The van der Waals surface area contributed by atoms with E-state index in [9.17, 15) is 0 Å². The molecule has 0 aromatic heterocycles. The minimum atomic E-state index is 0.317. The molecule has 0 aliphatic rings. The molecule has 1 N–H and O–H groups in total. The topological polar surface area (TPSA) is 30.5 Å². The maximum Gasteiger partial charge on any atom is 0.0587 e. The first-order chi connectivity index (χ1) is 9.22.